The summed E-state index contributed by atoms with van der Waals surface area (Å²) in [6, 6.07) is 19.1. The van der Waals surface area contributed by atoms with Gasteiger partial charge in [0.05, 0.1) is 7.11 Å². The molecular formula is C25H23NO3. The molecule has 0 radical (unpaired) electrons. The highest BCUT2D eigenvalue weighted by Gasteiger charge is 2.14. The summed E-state index contributed by atoms with van der Waals surface area (Å²) in [7, 11) is 1.68. The Kier molecular flexibility index (Phi) is 4.73. The Morgan fingerprint density at radius 3 is 2.28 bits per heavy atom. The monoisotopic (exact) mass is 385 g/mol. The van der Waals surface area contributed by atoms with Crippen LogP contribution in [0.25, 0.3) is 21.5 Å². The number of methoxy groups -OCH3 is 1. The summed E-state index contributed by atoms with van der Waals surface area (Å²) < 4.78 is 5.47. The Morgan fingerprint density at radius 2 is 1.55 bits per heavy atom. The molecule has 0 saturated carbocycles. The van der Waals surface area contributed by atoms with Gasteiger partial charge in [-0.3, -0.25) is 4.79 Å². The van der Waals surface area contributed by atoms with Gasteiger partial charge in [-0.05, 0) is 88.0 Å². The Labute approximate surface area is 169 Å². The molecular weight excluding hydrogens is 362 g/mol. The van der Waals surface area contributed by atoms with Crippen LogP contribution in [-0.4, -0.2) is 18.1 Å². The fourth-order valence-corrected chi connectivity index (χ4v) is 3.89. The summed E-state index contributed by atoms with van der Waals surface area (Å²) in [5.41, 5.74) is 9.66. The van der Waals surface area contributed by atoms with Crippen LogP contribution < -0.4 is 10.5 Å². The van der Waals surface area contributed by atoms with Gasteiger partial charge in [-0.1, -0.05) is 30.3 Å². The van der Waals surface area contributed by atoms with E-state index in [2.05, 4.69) is 0 Å². The number of amides is 1. The lowest BCUT2D eigenvalue weighted by atomic mass is 9.93. The predicted molar refractivity (Wildman–Crippen MR) is 117 cm³/mol. The molecule has 1 amide bonds. The maximum absolute atomic E-state index is 11.4. The van der Waals surface area contributed by atoms with Gasteiger partial charge in [-0.25, -0.2) is 0 Å². The zero-order valence-corrected chi connectivity index (χ0v) is 16.7. The topological polar surface area (TPSA) is 72.6 Å². The van der Waals surface area contributed by atoms with E-state index in [0.29, 0.717) is 5.56 Å². The van der Waals surface area contributed by atoms with Crippen molar-refractivity contribution in [3.8, 4) is 5.75 Å². The average Bonchev–Trinajstić information content (AvgIpc) is 2.74. The van der Waals surface area contributed by atoms with Crippen molar-refractivity contribution < 1.29 is 14.6 Å². The minimum atomic E-state index is -0.749. The Bertz CT molecular complexity index is 1260. The maximum Gasteiger partial charge on any atom is 0.248 e. The van der Waals surface area contributed by atoms with Crippen molar-refractivity contribution in [3.05, 3.63) is 88.5 Å². The molecule has 3 N–H and O–H groups in total. The van der Waals surface area contributed by atoms with E-state index in [1.54, 1.807) is 19.2 Å². The third-order valence-corrected chi connectivity index (χ3v) is 5.59. The molecule has 0 aliphatic rings. The van der Waals surface area contributed by atoms with Crippen LogP contribution in [0.5, 0.6) is 5.75 Å². The van der Waals surface area contributed by atoms with Crippen molar-refractivity contribution in [2.24, 2.45) is 5.73 Å². The van der Waals surface area contributed by atoms with Crippen LogP contribution >= 0.6 is 0 Å². The minimum Gasteiger partial charge on any atom is -0.496 e. The van der Waals surface area contributed by atoms with Crippen LogP contribution in [0.3, 0.4) is 0 Å². The van der Waals surface area contributed by atoms with Crippen molar-refractivity contribution in [2.45, 2.75) is 20.0 Å². The van der Waals surface area contributed by atoms with Crippen LogP contribution in [0.2, 0.25) is 0 Å². The number of aryl methyl sites for hydroxylation is 2. The molecule has 0 heterocycles. The molecule has 0 spiro atoms. The number of rotatable bonds is 4. The average molecular weight is 385 g/mol. The number of benzene rings is 4. The second-order valence-corrected chi connectivity index (χ2v) is 7.41. The zero-order chi connectivity index (χ0) is 20.7. The largest absolute Gasteiger partial charge is 0.496 e. The molecule has 0 fully saturated rings. The van der Waals surface area contributed by atoms with E-state index in [9.17, 15) is 9.90 Å². The van der Waals surface area contributed by atoms with Gasteiger partial charge in [-0.2, -0.15) is 0 Å². The number of hydrogen-bond donors (Lipinski definition) is 2. The molecule has 4 heteroatoms. The lowest BCUT2D eigenvalue weighted by molar-refractivity contribution is 0.100. The second-order valence-electron chi connectivity index (χ2n) is 7.41. The first kappa shape index (κ1) is 19.0. The van der Waals surface area contributed by atoms with Crippen molar-refractivity contribution >= 4 is 27.5 Å². The van der Waals surface area contributed by atoms with E-state index in [4.69, 9.17) is 10.5 Å². The second kappa shape index (κ2) is 7.22. The molecule has 0 aliphatic carbocycles. The predicted octanol–water partition coefficient (Wildman–Crippen LogP) is 4.80. The summed E-state index contributed by atoms with van der Waals surface area (Å²) in [6.45, 7) is 4.09. The molecule has 29 heavy (non-hydrogen) atoms. The standard InChI is InChI=1S/C25H23NO3/c1-14-10-23(29-3)15(2)21-9-8-19(13-22(14)21)24(27)18-6-4-17-12-20(25(26)28)7-5-16(17)11-18/h4-13,24,27H,1-3H3,(H2,26,28). The summed E-state index contributed by atoms with van der Waals surface area (Å²) in [4.78, 5) is 11.4. The zero-order valence-electron chi connectivity index (χ0n) is 16.7. The Hall–Kier alpha value is -3.37. The summed E-state index contributed by atoms with van der Waals surface area (Å²) in [5, 5.41) is 15.1. The molecule has 4 aromatic rings. The quantitative estimate of drug-likeness (QED) is 0.530. The maximum atomic E-state index is 11.4. The molecule has 4 aromatic carbocycles. The number of carbonyl (C=O) groups excluding carboxylic acids is 1. The number of carbonyl (C=O) groups is 1. The third-order valence-electron chi connectivity index (χ3n) is 5.59. The van der Waals surface area contributed by atoms with Gasteiger partial charge in [0, 0.05) is 5.56 Å². The summed E-state index contributed by atoms with van der Waals surface area (Å²) >= 11 is 0. The first-order valence-corrected chi connectivity index (χ1v) is 9.48. The fourth-order valence-electron chi connectivity index (χ4n) is 3.89. The number of hydrogen-bond acceptors (Lipinski definition) is 3. The molecule has 0 bridgehead atoms. The molecule has 0 saturated heterocycles. The van der Waals surface area contributed by atoms with Crippen LogP contribution in [0.15, 0.2) is 60.7 Å². The molecule has 1 atom stereocenters. The molecule has 0 aromatic heterocycles. The number of primary amides is 1. The number of nitrogens with two attached hydrogens (primary N) is 1. The van der Waals surface area contributed by atoms with E-state index in [1.807, 2.05) is 62.4 Å². The first-order chi connectivity index (χ1) is 13.9. The van der Waals surface area contributed by atoms with Gasteiger partial charge in [0.15, 0.2) is 0 Å². The SMILES string of the molecule is COc1cc(C)c2cc(C(O)c3ccc4cc(C(N)=O)ccc4c3)ccc2c1C. The molecule has 1 unspecified atom stereocenters. The van der Waals surface area contributed by atoms with Crippen molar-refractivity contribution in [2.75, 3.05) is 7.11 Å². The van der Waals surface area contributed by atoms with Crippen molar-refractivity contribution in [3.63, 3.8) is 0 Å². The highest BCUT2D eigenvalue weighted by molar-refractivity contribution is 5.97. The van der Waals surface area contributed by atoms with Crippen molar-refractivity contribution in [1.82, 2.24) is 0 Å². The third kappa shape index (κ3) is 3.32. The number of aliphatic hydroxyl groups excluding tert-OH is 1. The van der Waals surface area contributed by atoms with Gasteiger partial charge in [0.25, 0.3) is 0 Å². The lowest BCUT2D eigenvalue weighted by Gasteiger charge is -2.16. The highest BCUT2D eigenvalue weighted by atomic mass is 16.5. The molecule has 0 aliphatic heterocycles. The van der Waals surface area contributed by atoms with E-state index in [0.717, 1.165) is 49.5 Å². The first-order valence-electron chi connectivity index (χ1n) is 9.48. The van der Waals surface area contributed by atoms with Crippen LogP contribution in [0, 0.1) is 13.8 Å². The minimum absolute atomic E-state index is 0.450. The van der Waals surface area contributed by atoms with Gasteiger partial charge in [0.2, 0.25) is 5.91 Å². The Morgan fingerprint density at radius 1 is 0.897 bits per heavy atom. The lowest BCUT2D eigenvalue weighted by Crippen LogP contribution is -2.10. The van der Waals surface area contributed by atoms with Gasteiger partial charge in [0.1, 0.15) is 11.9 Å². The molecule has 146 valence electrons. The van der Waals surface area contributed by atoms with E-state index >= 15 is 0 Å². The fraction of sp³-hybridized carbons (Fsp3) is 0.160. The smallest absolute Gasteiger partial charge is 0.248 e. The molecule has 4 rings (SSSR count). The Balaban J connectivity index is 1.76. The summed E-state index contributed by atoms with van der Waals surface area (Å²) in [6.07, 6.45) is -0.749. The van der Waals surface area contributed by atoms with Gasteiger partial charge < -0.3 is 15.6 Å². The van der Waals surface area contributed by atoms with Gasteiger partial charge in [-0.15, -0.1) is 0 Å². The number of fused-ring (bicyclic) bond motifs is 2. The highest BCUT2D eigenvalue weighted by Crippen LogP contribution is 2.34. The number of aliphatic hydroxyl groups is 1. The van der Waals surface area contributed by atoms with E-state index in [1.165, 1.54) is 0 Å². The normalized spacial score (nSPS) is 12.3. The van der Waals surface area contributed by atoms with Crippen LogP contribution in [-0.2, 0) is 0 Å². The van der Waals surface area contributed by atoms with Crippen molar-refractivity contribution in [1.29, 1.82) is 0 Å². The number of ether oxygens (including phenoxy) is 1. The van der Waals surface area contributed by atoms with Crippen LogP contribution in [0.1, 0.15) is 38.7 Å². The van der Waals surface area contributed by atoms with E-state index in [-0.39, 0.29) is 0 Å². The summed E-state index contributed by atoms with van der Waals surface area (Å²) in [5.74, 6) is 0.419. The van der Waals surface area contributed by atoms with E-state index < -0.39 is 12.0 Å². The molecule has 4 nitrogen and oxygen atoms in total. The van der Waals surface area contributed by atoms with Gasteiger partial charge >= 0.3 is 0 Å². The van der Waals surface area contributed by atoms with Crippen LogP contribution in [0.4, 0.5) is 0 Å².